The van der Waals surface area contributed by atoms with Gasteiger partial charge in [-0.05, 0) is 50.6 Å². The summed E-state index contributed by atoms with van der Waals surface area (Å²) in [6.45, 7) is 5.73. The molecule has 4 N–H and O–H groups in total. The van der Waals surface area contributed by atoms with Gasteiger partial charge in [0, 0.05) is 19.6 Å². The molecule has 1 heterocycles. The van der Waals surface area contributed by atoms with E-state index in [2.05, 4.69) is 0 Å². The number of hydrogen-bond donors (Lipinski definition) is 2. The molecule has 0 bridgehead atoms. The van der Waals surface area contributed by atoms with Crippen LogP contribution in [-0.2, 0) is 15.7 Å². The van der Waals surface area contributed by atoms with E-state index < -0.39 is 35.6 Å². The number of nitrogens with zero attached hydrogens (tertiary/aromatic N) is 3. The van der Waals surface area contributed by atoms with E-state index in [1.54, 1.807) is 45.0 Å². The van der Waals surface area contributed by atoms with Crippen LogP contribution in [0.5, 0.6) is 0 Å². The Hall–Kier alpha value is -3.31. The zero-order chi connectivity index (χ0) is 26.0. The summed E-state index contributed by atoms with van der Waals surface area (Å²) in [5.74, 6) is 6.49. The lowest BCUT2D eigenvalue weighted by Gasteiger charge is -2.45. The molecular formula is C24H30F3N5O3. The Balaban J connectivity index is 1.94. The Morgan fingerprint density at radius 2 is 1.74 bits per heavy atom. The van der Waals surface area contributed by atoms with Crippen molar-refractivity contribution in [3.63, 3.8) is 0 Å². The smallest absolute Gasteiger partial charge is 0.416 e. The van der Waals surface area contributed by atoms with Crippen molar-refractivity contribution in [3.8, 4) is 0 Å². The van der Waals surface area contributed by atoms with E-state index in [-0.39, 0.29) is 19.6 Å². The third-order valence-corrected chi connectivity index (χ3v) is 5.60. The van der Waals surface area contributed by atoms with Crippen LogP contribution in [0, 0.1) is 0 Å². The topological polar surface area (TPSA) is 105 Å². The van der Waals surface area contributed by atoms with Gasteiger partial charge in [-0.1, -0.05) is 24.3 Å². The number of benzene rings is 2. The second-order valence-corrected chi connectivity index (χ2v) is 9.33. The number of nitrogens with two attached hydrogens (primary N) is 2. The van der Waals surface area contributed by atoms with E-state index in [4.69, 9.17) is 16.3 Å². The molecule has 2 aromatic rings. The first-order valence-corrected chi connectivity index (χ1v) is 11.1. The van der Waals surface area contributed by atoms with Gasteiger partial charge in [-0.15, -0.1) is 0 Å². The van der Waals surface area contributed by atoms with Gasteiger partial charge < -0.3 is 15.3 Å². The minimum absolute atomic E-state index is 0.0921. The van der Waals surface area contributed by atoms with Crippen LogP contribution in [-0.4, -0.2) is 53.5 Å². The fourth-order valence-electron chi connectivity index (χ4n) is 3.96. The van der Waals surface area contributed by atoms with Gasteiger partial charge in [0.1, 0.15) is 24.1 Å². The predicted octanol–water partition coefficient (Wildman–Crippen LogP) is 3.79. The van der Waals surface area contributed by atoms with Gasteiger partial charge in [0.15, 0.2) is 0 Å². The van der Waals surface area contributed by atoms with Gasteiger partial charge in [-0.25, -0.2) is 10.6 Å². The maximum absolute atomic E-state index is 13.1. The summed E-state index contributed by atoms with van der Waals surface area (Å²) in [5.41, 5.74) is 5.91. The number of hydrazine groups is 1. The van der Waals surface area contributed by atoms with Crippen LogP contribution < -0.4 is 16.6 Å². The zero-order valence-corrected chi connectivity index (χ0v) is 19.8. The highest BCUT2D eigenvalue weighted by atomic mass is 19.4. The quantitative estimate of drug-likeness (QED) is 0.283. The molecular weight excluding hydrogens is 463 g/mol. The Kier molecular flexibility index (Phi) is 7.61. The number of aldehydes is 1. The lowest BCUT2D eigenvalue weighted by molar-refractivity contribution is -0.137. The summed E-state index contributed by atoms with van der Waals surface area (Å²) in [5, 5.41) is 1.36. The Labute approximate surface area is 202 Å². The number of hydrogen-bond acceptors (Lipinski definition) is 7. The standard InChI is InChI=1S/C24H30F3N5O3/c1-23(2,3)35-22(34)31-13-12-30(14-18(31)15-33)21(32(29)20-7-5-4-6-19(20)28)16-8-10-17(11-9-16)24(25,26)27/h4-11,15,18,21H,12-14,28-29H2,1-3H3. The van der Waals surface area contributed by atoms with Crippen molar-refractivity contribution in [2.45, 2.75) is 44.8 Å². The van der Waals surface area contributed by atoms with Crippen LogP contribution in [0.1, 0.15) is 38.1 Å². The molecule has 0 radical (unpaired) electrons. The molecule has 2 unspecified atom stereocenters. The lowest BCUT2D eigenvalue weighted by Crippen LogP contribution is -2.60. The number of rotatable bonds is 5. The van der Waals surface area contributed by atoms with Crippen LogP contribution in [0.2, 0.25) is 0 Å². The number of anilines is 2. The van der Waals surface area contributed by atoms with E-state index in [0.717, 1.165) is 12.1 Å². The molecule has 1 aliphatic rings. The second kappa shape index (κ2) is 10.1. The van der Waals surface area contributed by atoms with Crippen LogP contribution in [0.15, 0.2) is 48.5 Å². The first kappa shape index (κ1) is 26.3. The molecule has 1 aliphatic heterocycles. The SMILES string of the molecule is CC(C)(C)OC(=O)N1CCN(C(c2ccc(C(F)(F)F)cc2)N(N)c2ccccc2N)CC1C=O. The molecule has 0 aromatic heterocycles. The third kappa shape index (κ3) is 6.23. The largest absolute Gasteiger partial charge is 0.444 e. The van der Waals surface area contributed by atoms with Crippen LogP contribution in [0.3, 0.4) is 0 Å². The first-order chi connectivity index (χ1) is 16.3. The highest BCUT2D eigenvalue weighted by Crippen LogP contribution is 2.35. The van der Waals surface area contributed by atoms with Crippen LogP contribution >= 0.6 is 0 Å². The van der Waals surface area contributed by atoms with Gasteiger partial charge in [-0.2, -0.15) is 13.2 Å². The Morgan fingerprint density at radius 1 is 1.11 bits per heavy atom. The second-order valence-electron chi connectivity index (χ2n) is 9.33. The summed E-state index contributed by atoms with van der Waals surface area (Å²) < 4.78 is 44.8. The van der Waals surface area contributed by atoms with Gasteiger partial charge in [0.2, 0.25) is 0 Å². The average Bonchev–Trinajstić information content (AvgIpc) is 2.78. The summed E-state index contributed by atoms with van der Waals surface area (Å²) in [7, 11) is 0. The number of ether oxygens (including phenoxy) is 1. The summed E-state index contributed by atoms with van der Waals surface area (Å²) >= 11 is 0. The normalized spacial score (nSPS) is 18.1. The van der Waals surface area contributed by atoms with Crippen molar-refractivity contribution < 1.29 is 27.5 Å². The van der Waals surface area contributed by atoms with Crippen molar-refractivity contribution in [1.29, 1.82) is 0 Å². The summed E-state index contributed by atoms with van der Waals surface area (Å²) in [6, 6.07) is 10.7. The zero-order valence-electron chi connectivity index (χ0n) is 19.8. The molecule has 11 heteroatoms. The van der Waals surface area contributed by atoms with Crippen molar-refractivity contribution in [3.05, 3.63) is 59.7 Å². The number of halogens is 3. The molecule has 8 nitrogen and oxygen atoms in total. The van der Waals surface area contributed by atoms with Crippen molar-refractivity contribution in [2.24, 2.45) is 5.84 Å². The molecule has 1 saturated heterocycles. The monoisotopic (exact) mass is 493 g/mol. The molecule has 1 amide bonds. The highest BCUT2D eigenvalue weighted by molar-refractivity contribution is 5.74. The fourth-order valence-corrected chi connectivity index (χ4v) is 3.96. The molecule has 0 saturated carbocycles. The summed E-state index contributed by atoms with van der Waals surface area (Å²) in [6.07, 6.45) is -5.21. The van der Waals surface area contributed by atoms with Gasteiger partial charge in [-0.3, -0.25) is 14.8 Å². The predicted molar refractivity (Wildman–Crippen MR) is 126 cm³/mol. The van der Waals surface area contributed by atoms with E-state index in [9.17, 15) is 22.8 Å². The minimum atomic E-state index is -4.48. The van der Waals surface area contributed by atoms with Crippen molar-refractivity contribution in [1.82, 2.24) is 9.80 Å². The van der Waals surface area contributed by atoms with Gasteiger partial charge in [0.05, 0.1) is 16.9 Å². The number of carbonyl (C=O) groups excluding carboxylic acids is 2. The Bertz CT molecular complexity index is 1040. The Morgan fingerprint density at radius 3 is 2.29 bits per heavy atom. The van der Waals surface area contributed by atoms with Gasteiger partial charge >= 0.3 is 12.3 Å². The minimum Gasteiger partial charge on any atom is -0.444 e. The first-order valence-electron chi connectivity index (χ1n) is 11.1. The fraction of sp³-hybridized carbons (Fsp3) is 0.417. The molecule has 0 spiro atoms. The van der Waals surface area contributed by atoms with Crippen LogP contribution in [0.25, 0.3) is 0 Å². The maximum Gasteiger partial charge on any atom is 0.416 e. The molecule has 35 heavy (non-hydrogen) atoms. The van der Waals surface area contributed by atoms with E-state index in [1.807, 2.05) is 4.90 Å². The number of piperazine rings is 1. The van der Waals surface area contributed by atoms with Crippen LogP contribution in [0.4, 0.5) is 29.3 Å². The number of nitrogen functional groups attached to an aromatic ring is 1. The van der Waals surface area contributed by atoms with Crippen molar-refractivity contribution in [2.75, 3.05) is 30.4 Å². The van der Waals surface area contributed by atoms with E-state index >= 15 is 0 Å². The van der Waals surface area contributed by atoms with Gasteiger partial charge in [0.25, 0.3) is 0 Å². The molecule has 3 rings (SSSR count). The number of alkyl halides is 3. The van der Waals surface area contributed by atoms with E-state index in [1.165, 1.54) is 22.0 Å². The molecule has 1 fully saturated rings. The number of para-hydroxylation sites is 2. The molecule has 190 valence electrons. The maximum atomic E-state index is 13.1. The lowest BCUT2D eigenvalue weighted by atomic mass is 10.0. The number of carbonyl (C=O) groups is 2. The summed E-state index contributed by atoms with van der Waals surface area (Å²) in [4.78, 5) is 27.7. The molecule has 0 aliphatic carbocycles. The molecule has 2 atom stereocenters. The van der Waals surface area contributed by atoms with E-state index in [0.29, 0.717) is 23.2 Å². The third-order valence-electron chi connectivity index (χ3n) is 5.60. The average molecular weight is 494 g/mol. The molecule has 2 aromatic carbocycles. The number of amides is 1. The van der Waals surface area contributed by atoms with Crippen molar-refractivity contribution >= 4 is 23.8 Å². The highest BCUT2D eigenvalue weighted by Gasteiger charge is 2.38.